The van der Waals surface area contributed by atoms with Gasteiger partial charge in [0.05, 0.1) is 6.54 Å². The van der Waals surface area contributed by atoms with Crippen LogP contribution in [-0.4, -0.2) is 24.4 Å². The number of benzene rings is 2. The molecule has 0 atom stereocenters. The third-order valence-corrected chi connectivity index (χ3v) is 3.32. The maximum absolute atomic E-state index is 11.9. The average molecular weight is 282 g/mol. The van der Waals surface area contributed by atoms with E-state index in [9.17, 15) is 4.79 Å². The Bertz CT molecular complexity index is 564. The van der Waals surface area contributed by atoms with Crippen molar-refractivity contribution in [3.8, 4) is 0 Å². The van der Waals surface area contributed by atoms with Crippen molar-refractivity contribution >= 4 is 5.91 Å². The van der Waals surface area contributed by atoms with Crippen LogP contribution in [0.4, 0.5) is 0 Å². The van der Waals surface area contributed by atoms with Crippen LogP contribution in [0.2, 0.25) is 0 Å². The molecule has 1 N–H and O–H groups in total. The zero-order valence-electron chi connectivity index (χ0n) is 12.7. The number of rotatable bonds is 6. The van der Waals surface area contributed by atoms with Gasteiger partial charge in [0.15, 0.2) is 0 Å². The smallest absolute Gasteiger partial charge is 0.234 e. The molecule has 3 heteroatoms. The number of aryl methyl sites for hydroxylation is 1. The van der Waals surface area contributed by atoms with Crippen LogP contribution in [-0.2, 0) is 17.9 Å². The predicted octanol–water partition coefficient (Wildman–Crippen LogP) is 2.74. The summed E-state index contributed by atoms with van der Waals surface area (Å²) in [7, 11) is 1.96. The highest BCUT2D eigenvalue weighted by molar-refractivity contribution is 5.77. The Kier molecular flexibility index (Phi) is 5.52. The Labute approximate surface area is 126 Å². The highest BCUT2D eigenvalue weighted by Crippen LogP contribution is 2.03. The molecule has 21 heavy (non-hydrogen) atoms. The van der Waals surface area contributed by atoms with Crippen LogP contribution >= 0.6 is 0 Å². The molecule has 2 rings (SSSR count). The van der Waals surface area contributed by atoms with Crippen LogP contribution < -0.4 is 5.32 Å². The molecule has 0 aromatic heterocycles. The summed E-state index contributed by atoms with van der Waals surface area (Å²) in [5, 5.41) is 2.95. The molecule has 2 aromatic carbocycles. The van der Waals surface area contributed by atoms with E-state index in [1.807, 2.05) is 42.3 Å². The van der Waals surface area contributed by atoms with E-state index in [1.54, 1.807) is 0 Å². The molecule has 0 heterocycles. The molecular formula is C18H22N2O. The lowest BCUT2D eigenvalue weighted by atomic mass is 10.1. The Morgan fingerprint density at radius 1 is 1.00 bits per heavy atom. The second kappa shape index (κ2) is 7.60. The SMILES string of the molecule is Cc1ccc(CNC(=O)CN(C)Cc2ccccc2)cc1. The first kappa shape index (κ1) is 15.3. The van der Waals surface area contributed by atoms with Gasteiger partial charge >= 0.3 is 0 Å². The fraction of sp³-hybridized carbons (Fsp3) is 0.278. The summed E-state index contributed by atoms with van der Waals surface area (Å²) in [6.45, 7) is 3.82. The van der Waals surface area contributed by atoms with Gasteiger partial charge in [0.1, 0.15) is 0 Å². The van der Waals surface area contributed by atoms with Gasteiger partial charge in [-0.15, -0.1) is 0 Å². The number of hydrogen-bond donors (Lipinski definition) is 1. The van der Waals surface area contributed by atoms with Gasteiger partial charge < -0.3 is 5.32 Å². The lowest BCUT2D eigenvalue weighted by molar-refractivity contribution is -0.122. The highest BCUT2D eigenvalue weighted by Gasteiger charge is 2.06. The Morgan fingerprint density at radius 2 is 1.67 bits per heavy atom. The molecule has 3 nitrogen and oxygen atoms in total. The second-order valence-electron chi connectivity index (χ2n) is 5.42. The lowest BCUT2D eigenvalue weighted by Gasteiger charge is -2.16. The van der Waals surface area contributed by atoms with E-state index in [1.165, 1.54) is 11.1 Å². The van der Waals surface area contributed by atoms with E-state index in [0.29, 0.717) is 13.1 Å². The fourth-order valence-electron chi connectivity index (χ4n) is 2.16. The Morgan fingerprint density at radius 3 is 2.33 bits per heavy atom. The van der Waals surface area contributed by atoms with Crippen LogP contribution in [0, 0.1) is 6.92 Å². The van der Waals surface area contributed by atoms with Gasteiger partial charge in [-0.05, 0) is 25.1 Å². The summed E-state index contributed by atoms with van der Waals surface area (Å²) in [4.78, 5) is 13.9. The standard InChI is InChI=1S/C18H22N2O/c1-15-8-10-16(11-9-15)12-19-18(21)14-20(2)13-17-6-4-3-5-7-17/h3-11H,12-14H2,1-2H3,(H,19,21). The van der Waals surface area contributed by atoms with Crippen molar-refractivity contribution in [2.24, 2.45) is 0 Å². The molecule has 0 fully saturated rings. The van der Waals surface area contributed by atoms with Crippen molar-refractivity contribution in [3.05, 3.63) is 71.3 Å². The molecule has 0 aliphatic heterocycles. The minimum Gasteiger partial charge on any atom is -0.351 e. The molecule has 0 aliphatic rings. The number of nitrogens with zero attached hydrogens (tertiary/aromatic N) is 1. The molecule has 110 valence electrons. The summed E-state index contributed by atoms with van der Waals surface area (Å²) in [5.74, 6) is 0.0500. The summed E-state index contributed by atoms with van der Waals surface area (Å²) < 4.78 is 0. The normalized spacial score (nSPS) is 10.6. The van der Waals surface area contributed by atoms with Crippen molar-refractivity contribution in [1.29, 1.82) is 0 Å². The molecule has 0 bridgehead atoms. The molecule has 0 aliphatic carbocycles. The fourth-order valence-corrected chi connectivity index (χ4v) is 2.16. The first-order valence-electron chi connectivity index (χ1n) is 7.18. The van der Waals surface area contributed by atoms with Gasteiger partial charge in [-0.2, -0.15) is 0 Å². The first-order valence-corrected chi connectivity index (χ1v) is 7.18. The topological polar surface area (TPSA) is 32.3 Å². The molecule has 1 amide bonds. The highest BCUT2D eigenvalue weighted by atomic mass is 16.2. The quantitative estimate of drug-likeness (QED) is 0.883. The van der Waals surface area contributed by atoms with Crippen LogP contribution in [0.5, 0.6) is 0 Å². The third kappa shape index (κ3) is 5.40. The van der Waals surface area contributed by atoms with E-state index in [4.69, 9.17) is 0 Å². The van der Waals surface area contributed by atoms with Crippen LogP contribution in [0.1, 0.15) is 16.7 Å². The number of hydrogen-bond acceptors (Lipinski definition) is 2. The molecule has 0 saturated heterocycles. The van der Waals surface area contributed by atoms with Crippen molar-refractivity contribution in [2.75, 3.05) is 13.6 Å². The van der Waals surface area contributed by atoms with Crippen molar-refractivity contribution < 1.29 is 4.79 Å². The number of carbonyl (C=O) groups excluding carboxylic acids is 1. The van der Waals surface area contributed by atoms with E-state index in [0.717, 1.165) is 12.1 Å². The second-order valence-corrected chi connectivity index (χ2v) is 5.42. The summed E-state index contributed by atoms with van der Waals surface area (Å²) in [6.07, 6.45) is 0. The zero-order valence-corrected chi connectivity index (χ0v) is 12.7. The van der Waals surface area contributed by atoms with Gasteiger partial charge in [-0.1, -0.05) is 60.2 Å². The van der Waals surface area contributed by atoms with Crippen molar-refractivity contribution in [2.45, 2.75) is 20.0 Å². The van der Waals surface area contributed by atoms with Crippen LogP contribution in [0.3, 0.4) is 0 Å². The van der Waals surface area contributed by atoms with Crippen LogP contribution in [0.25, 0.3) is 0 Å². The summed E-state index contributed by atoms with van der Waals surface area (Å²) >= 11 is 0. The van der Waals surface area contributed by atoms with E-state index in [2.05, 4.69) is 36.5 Å². The van der Waals surface area contributed by atoms with Gasteiger partial charge in [0.25, 0.3) is 0 Å². The van der Waals surface area contributed by atoms with Crippen molar-refractivity contribution in [3.63, 3.8) is 0 Å². The number of nitrogens with one attached hydrogen (secondary N) is 1. The minimum absolute atomic E-state index is 0.0500. The van der Waals surface area contributed by atoms with Crippen molar-refractivity contribution in [1.82, 2.24) is 10.2 Å². The van der Waals surface area contributed by atoms with Gasteiger partial charge in [0, 0.05) is 13.1 Å². The molecule has 0 radical (unpaired) electrons. The zero-order chi connectivity index (χ0) is 15.1. The molecule has 0 saturated carbocycles. The molecular weight excluding hydrogens is 260 g/mol. The summed E-state index contributed by atoms with van der Waals surface area (Å²) in [6, 6.07) is 18.4. The predicted molar refractivity (Wildman–Crippen MR) is 85.8 cm³/mol. The Balaban J connectivity index is 1.75. The van der Waals surface area contributed by atoms with Gasteiger partial charge in [-0.25, -0.2) is 0 Å². The molecule has 0 spiro atoms. The average Bonchev–Trinajstić information content (AvgIpc) is 2.47. The lowest BCUT2D eigenvalue weighted by Crippen LogP contribution is -2.34. The van der Waals surface area contributed by atoms with Gasteiger partial charge in [0.2, 0.25) is 5.91 Å². The van der Waals surface area contributed by atoms with E-state index in [-0.39, 0.29) is 5.91 Å². The molecule has 0 unspecified atom stereocenters. The van der Waals surface area contributed by atoms with E-state index >= 15 is 0 Å². The number of likely N-dealkylation sites (N-methyl/N-ethyl adjacent to an activating group) is 1. The minimum atomic E-state index is 0.0500. The maximum Gasteiger partial charge on any atom is 0.234 e. The monoisotopic (exact) mass is 282 g/mol. The number of amides is 1. The maximum atomic E-state index is 11.9. The Hall–Kier alpha value is -2.13. The number of carbonyl (C=O) groups is 1. The molecule has 2 aromatic rings. The third-order valence-electron chi connectivity index (χ3n) is 3.32. The van der Waals surface area contributed by atoms with E-state index < -0.39 is 0 Å². The van der Waals surface area contributed by atoms with Gasteiger partial charge in [-0.3, -0.25) is 9.69 Å². The van der Waals surface area contributed by atoms with Crippen LogP contribution in [0.15, 0.2) is 54.6 Å². The largest absolute Gasteiger partial charge is 0.351 e. The first-order chi connectivity index (χ1) is 10.1. The summed E-state index contributed by atoms with van der Waals surface area (Å²) in [5.41, 5.74) is 3.57.